The van der Waals surface area contributed by atoms with E-state index in [0.717, 1.165) is 37.2 Å². The maximum absolute atomic E-state index is 5.81. The van der Waals surface area contributed by atoms with Crippen LogP contribution < -0.4 is 5.32 Å². The molecule has 3 nitrogen and oxygen atoms in total. The van der Waals surface area contributed by atoms with Gasteiger partial charge >= 0.3 is 0 Å². The Morgan fingerprint density at radius 3 is 3.21 bits per heavy atom. The summed E-state index contributed by atoms with van der Waals surface area (Å²) < 4.78 is 0. The molecule has 4 heteroatoms. The van der Waals surface area contributed by atoms with Crippen molar-refractivity contribution in [3.63, 3.8) is 0 Å². The van der Waals surface area contributed by atoms with E-state index in [1.54, 1.807) is 6.20 Å². The minimum atomic E-state index is 0.499. The molecule has 0 spiro atoms. The van der Waals surface area contributed by atoms with Crippen LogP contribution in [-0.4, -0.2) is 16.0 Å². The SMILES string of the molecule is CCC1CCc2nc(Cl)cnc2CN1. The molecule has 2 rings (SSSR count). The van der Waals surface area contributed by atoms with Crippen LogP contribution in [0.15, 0.2) is 6.20 Å². The lowest BCUT2D eigenvalue weighted by Gasteiger charge is -2.11. The van der Waals surface area contributed by atoms with Crippen LogP contribution in [0.4, 0.5) is 0 Å². The average molecular weight is 212 g/mol. The number of aromatic nitrogens is 2. The Bertz CT molecular complexity index is 327. The van der Waals surface area contributed by atoms with E-state index >= 15 is 0 Å². The molecule has 0 fully saturated rings. The van der Waals surface area contributed by atoms with E-state index < -0.39 is 0 Å². The first-order valence-electron chi connectivity index (χ1n) is 5.03. The standard InChI is InChI=1S/C10H14ClN3/c1-2-7-3-4-8-9(5-12-7)13-6-10(11)14-8/h6-7,12H,2-5H2,1H3. The molecule has 0 amide bonds. The molecule has 0 aromatic carbocycles. The molecule has 0 radical (unpaired) electrons. The van der Waals surface area contributed by atoms with E-state index in [1.807, 2.05) is 0 Å². The first-order valence-corrected chi connectivity index (χ1v) is 5.41. The molecule has 0 saturated heterocycles. The van der Waals surface area contributed by atoms with E-state index in [2.05, 4.69) is 22.2 Å². The van der Waals surface area contributed by atoms with Crippen LogP contribution in [-0.2, 0) is 13.0 Å². The topological polar surface area (TPSA) is 37.8 Å². The first-order chi connectivity index (χ1) is 6.79. The van der Waals surface area contributed by atoms with Gasteiger partial charge in [0.1, 0.15) is 5.15 Å². The Labute approximate surface area is 88.9 Å². The van der Waals surface area contributed by atoms with Gasteiger partial charge in [-0.1, -0.05) is 18.5 Å². The van der Waals surface area contributed by atoms with Crippen molar-refractivity contribution in [1.82, 2.24) is 15.3 Å². The molecule has 14 heavy (non-hydrogen) atoms. The molecule has 1 aliphatic heterocycles. The summed E-state index contributed by atoms with van der Waals surface area (Å²) in [5.74, 6) is 0. The summed E-state index contributed by atoms with van der Waals surface area (Å²) in [6, 6.07) is 0.588. The summed E-state index contributed by atoms with van der Waals surface area (Å²) in [5.41, 5.74) is 2.10. The van der Waals surface area contributed by atoms with Gasteiger partial charge in [-0.2, -0.15) is 0 Å². The number of hydrogen-bond acceptors (Lipinski definition) is 3. The van der Waals surface area contributed by atoms with Gasteiger partial charge < -0.3 is 5.32 Å². The molecule has 1 aromatic rings. The third kappa shape index (κ3) is 2.04. The summed E-state index contributed by atoms with van der Waals surface area (Å²) in [6.45, 7) is 3.01. The van der Waals surface area contributed by atoms with Crippen LogP contribution in [0.1, 0.15) is 31.2 Å². The van der Waals surface area contributed by atoms with E-state index in [-0.39, 0.29) is 0 Å². The van der Waals surface area contributed by atoms with E-state index in [1.165, 1.54) is 0 Å². The maximum Gasteiger partial charge on any atom is 0.147 e. The van der Waals surface area contributed by atoms with Gasteiger partial charge in [0, 0.05) is 12.6 Å². The Hall–Kier alpha value is -0.670. The molecule has 1 unspecified atom stereocenters. The molecule has 0 aliphatic carbocycles. The molecular weight excluding hydrogens is 198 g/mol. The zero-order chi connectivity index (χ0) is 9.97. The Morgan fingerprint density at radius 2 is 2.43 bits per heavy atom. The lowest BCUT2D eigenvalue weighted by atomic mass is 10.1. The Morgan fingerprint density at radius 1 is 1.57 bits per heavy atom. The van der Waals surface area contributed by atoms with Gasteiger partial charge in [0.05, 0.1) is 17.6 Å². The van der Waals surface area contributed by atoms with Crippen molar-refractivity contribution in [2.75, 3.05) is 0 Å². The number of halogens is 1. The van der Waals surface area contributed by atoms with Crippen LogP contribution in [0.25, 0.3) is 0 Å². The summed E-state index contributed by atoms with van der Waals surface area (Å²) in [7, 11) is 0. The van der Waals surface area contributed by atoms with Gasteiger partial charge in [0.2, 0.25) is 0 Å². The Kier molecular flexibility index (Phi) is 2.99. The summed E-state index contributed by atoms with van der Waals surface area (Å²) in [6.07, 6.45) is 4.88. The normalized spacial score (nSPS) is 21.4. The number of rotatable bonds is 1. The summed E-state index contributed by atoms with van der Waals surface area (Å²) in [5, 5.41) is 3.96. The third-order valence-electron chi connectivity index (χ3n) is 2.68. The fourth-order valence-corrected chi connectivity index (χ4v) is 1.93. The van der Waals surface area contributed by atoms with Crippen molar-refractivity contribution in [2.24, 2.45) is 0 Å². The monoisotopic (exact) mass is 211 g/mol. The van der Waals surface area contributed by atoms with Crippen LogP contribution in [0.2, 0.25) is 5.15 Å². The number of nitrogens with one attached hydrogen (secondary N) is 1. The van der Waals surface area contributed by atoms with Crippen molar-refractivity contribution in [3.05, 3.63) is 22.7 Å². The van der Waals surface area contributed by atoms with E-state index in [0.29, 0.717) is 11.2 Å². The second-order valence-electron chi connectivity index (χ2n) is 3.61. The van der Waals surface area contributed by atoms with Crippen molar-refractivity contribution >= 4 is 11.6 Å². The smallest absolute Gasteiger partial charge is 0.147 e. The quantitative estimate of drug-likeness (QED) is 0.772. The van der Waals surface area contributed by atoms with Gasteiger partial charge in [-0.15, -0.1) is 0 Å². The number of aryl methyl sites for hydroxylation is 1. The zero-order valence-corrected chi connectivity index (χ0v) is 9.01. The molecule has 0 saturated carbocycles. The molecule has 1 aliphatic rings. The largest absolute Gasteiger partial charge is 0.308 e. The molecule has 1 N–H and O–H groups in total. The number of fused-ring (bicyclic) bond motifs is 1. The second-order valence-corrected chi connectivity index (χ2v) is 4.00. The van der Waals surface area contributed by atoms with Gasteiger partial charge in [-0.25, -0.2) is 4.98 Å². The predicted molar refractivity (Wildman–Crippen MR) is 56.3 cm³/mol. The minimum Gasteiger partial charge on any atom is -0.308 e. The number of hydrogen-bond donors (Lipinski definition) is 1. The highest BCUT2D eigenvalue weighted by atomic mass is 35.5. The second kappa shape index (κ2) is 4.24. The van der Waals surface area contributed by atoms with Crippen LogP contribution >= 0.6 is 11.6 Å². The highest BCUT2D eigenvalue weighted by Crippen LogP contribution is 2.15. The number of nitrogens with zero attached hydrogens (tertiary/aromatic N) is 2. The minimum absolute atomic E-state index is 0.499. The highest BCUT2D eigenvalue weighted by Gasteiger charge is 2.15. The summed E-state index contributed by atoms with van der Waals surface area (Å²) in [4.78, 5) is 8.60. The van der Waals surface area contributed by atoms with Crippen molar-refractivity contribution in [2.45, 2.75) is 38.8 Å². The average Bonchev–Trinajstić information content (AvgIpc) is 2.39. The zero-order valence-electron chi connectivity index (χ0n) is 8.26. The molecule has 76 valence electrons. The van der Waals surface area contributed by atoms with Gasteiger partial charge in [0.15, 0.2) is 0 Å². The van der Waals surface area contributed by atoms with Crippen LogP contribution in [0.3, 0.4) is 0 Å². The molecule has 0 bridgehead atoms. The van der Waals surface area contributed by atoms with Crippen molar-refractivity contribution in [3.8, 4) is 0 Å². The van der Waals surface area contributed by atoms with E-state index in [4.69, 9.17) is 11.6 Å². The van der Waals surface area contributed by atoms with Gasteiger partial charge in [-0.3, -0.25) is 4.98 Å². The lowest BCUT2D eigenvalue weighted by Crippen LogP contribution is -2.26. The molecular formula is C10H14ClN3. The fraction of sp³-hybridized carbons (Fsp3) is 0.600. The molecule has 2 heterocycles. The van der Waals surface area contributed by atoms with Crippen molar-refractivity contribution in [1.29, 1.82) is 0 Å². The summed E-state index contributed by atoms with van der Waals surface area (Å²) >= 11 is 5.81. The third-order valence-corrected chi connectivity index (χ3v) is 2.86. The fourth-order valence-electron chi connectivity index (χ4n) is 1.78. The van der Waals surface area contributed by atoms with Crippen LogP contribution in [0.5, 0.6) is 0 Å². The van der Waals surface area contributed by atoms with Gasteiger partial charge in [0.25, 0.3) is 0 Å². The first kappa shape index (κ1) is 9.87. The predicted octanol–water partition coefficient (Wildman–Crippen LogP) is 1.94. The van der Waals surface area contributed by atoms with E-state index in [9.17, 15) is 0 Å². The van der Waals surface area contributed by atoms with Crippen LogP contribution in [0, 0.1) is 0 Å². The molecule has 1 aromatic heterocycles. The molecule has 1 atom stereocenters. The van der Waals surface area contributed by atoms with Crippen molar-refractivity contribution < 1.29 is 0 Å². The lowest BCUT2D eigenvalue weighted by molar-refractivity contribution is 0.481. The maximum atomic E-state index is 5.81. The highest BCUT2D eigenvalue weighted by molar-refractivity contribution is 6.29. The Balaban J connectivity index is 2.21. The van der Waals surface area contributed by atoms with Gasteiger partial charge in [-0.05, 0) is 19.3 Å².